The first-order valence-corrected chi connectivity index (χ1v) is 5.50. The van der Waals surface area contributed by atoms with Crippen LogP contribution in [0, 0.1) is 0 Å². The number of hydrogen-bond donors (Lipinski definition) is 2. The van der Waals surface area contributed by atoms with Gasteiger partial charge in [-0.25, -0.2) is 0 Å². The molecule has 0 saturated heterocycles. The van der Waals surface area contributed by atoms with Crippen LogP contribution in [-0.4, -0.2) is 31.6 Å². The van der Waals surface area contributed by atoms with E-state index in [-0.39, 0.29) is 18.4 Å². The molecule has 0 fully saturated rings. The van der Waals surface area contributed by atoms with Gasteiger partial charge in [0, 0.05) is 12.8 Å². The van der Waals surface area contributed by atoms with Crippen molar-refractivity contribution >= 4 is 23.2 Å². The lowest BCUT2D eigenvalue weighted by molar-refractivity contribution is -0.122. The van der Waals surface area contributed by atoms with Crippen molar-refractivity contribution in [2.24, 2.45) is 0 Å². The summed E-state index contributed by atoms with van der Waals surface area (Å²) in [5, 5.41) is 5.36. The van der Waals surface area contributed by atoms with Crippen molar-refractivity contribution in [3.05, 3.63) is 18.2 Å². The summed E-state index contributed by atoms with van der Waals surface area (Å²) in [6.07, 6.45) is -0.508. The SMILES string of the molecule is COCC(=O)Nc1ccc2c(c1)NC(=O)C(C)O2. The Kier molecular flexibility index (Phi) is 3.47. The highest BCUT2D eigenvalue weighted by molar-refractivity contribution is 5.99. The molecule has 2 amide bonds. The van der Waals surface area contributed by atoms with E-state index >= 15 is 0 Å². The molecule has 96 valence electrons. The van der Waals surface area contributed by atoms with E-state index in [1.807, 2.05) is 0 Å². The molecular formula is C12H14N2O4. The molecule has 1 atom stereocenters. The summed E-state index contributed by atoms with van der Waals surface area (Å²) < 4.78 is 10.1. The van der Waals surface area contributed by atoms with Crippen molar-refractivity contribution in [2.75, 3.05) is 24.4 Å². The van der Waals surface area contributed by atoms with Crippen LogP contribution >= 0.6 is 0 Å². The molecule has 2 N–H and O–H groups in total. The second-order valence-corrected chi connectivity index (χ2v) is 3.94. The summed E-state index contributed by atoms with van der Waals surface area (Å²) >= 11 is 0. The number of fused-ring (bicyclic) bond motifs is 1. The Labute approximate surface area is 104 Å². The molecule has 1 aromatic carbocycles. The smallest absolute Gasteiger partial charge is 0.265 e. The average Bonchev–Trinajstić information content (AvgIpc) is 2.31. The first-order valence-electron chi connectivity index (χ1n) is 5.50. The maximum Gasteiger partial charge on any atom is 0.265 e. The number of carbonyl (C=O) groups is 2. The fourth-order valence-electron chi connectivity index (χ4n) is 1.61. The molecule has 2 rings (SSSR count). The van der Waals surface area contributed by atoms with E-state index in [1.54, 1.807) is 25.1 Å². The van der Waals surface area contributed by atoms with E-state index < -0.39 is 6.10 Å². The number of rotatable bonds is 3. The van der Waals surface area contributed by atoms with Crippen LogP contribution in [0.25, 0.3) is 0 Å². The molecule has 6 nitrogen and oxygen atoms in total. The van der Waals surface area contributed by atoms with Crippen LogP contribution in [0.3, 0.4) is 0 Å². The molecule has 0 spiro atoms. The Morgan fingerprint density at radius 3 is 3.06 bits per heavy atom. The van der Waals surface area contributed by atoms with Crippen molar-refractivity contribution in [1.29, 1.82) is 0 Å². The van der Waals surface area contributed by atoms with Gasteiger partial charge in [0.15, 0.2) is 6.10 Å². The van der Waals surface area contributed by atoms with Crippen molar-refractivity contribution < 1.29 is 19.1 Å². The number of hydrogen-bond acceptors (Lipinski definition) is 4. The molecule has 1 aliphatic heterocycles. The molecular weight excluding hydrogens is 236 g/mol. The highest BCUT2D eigenvalue weighted by Gasteiger charge is 2.23. The molecule has 1 unspecified atom stereocenters. The van der Waals surface area contributed by atoms with Gasteiger partial charge in [-0.3, -0.25) is 9.59 Å². The monoisotopic (exact) mass is 250 g/mol. The Morgan fingerprint density at radius 1 is 1.56 bits per heavy atom. The minimum atomic E-state index is -0.508. The van der Waals surface area contributed by atoms with Gasteiger partial charge in [-0.2, -0.15) is 0 Å². The van der Waals surface area contributed by atoms with E-state index in [4.69, 9.17) is 9.47 Å². The van der Waals surface area contributed by atoms with E-state index in [0.717, 1.165) is 0 Å². The summed E-state index contributed by atoms with van der Waals surface area (Å²) in [6, 6.07) is 5.05. The maximum absolute atomic E-state index is 11.4. The number of methoxy groups -OCH3 is 1. The topological polar surface area (TPSA) is 76.7 Å². The van der Waals surface area contributed by atoms with Crippen molar-refractivity contribution in [2.45, 2.75) is 13.0 Å². The number of ether oxygens (including phenoxy) is 2. The van der Waals surface area contributed by atoms with Gasteiger partial charge in [0.05, 0.1) is 5.69 Å². The Hall–Kier alpha value is -2.08. The quantitative estimate of drug-likeness (QED) is 0.838. The molecule has 0 radical (unpaired) electrons. The fraction of sp³-hybridized carbons (Fsp3) is 0.333. The third kappa shape index (κ3) is 2.60. The maximum atomic E-state index is 11.4. The third-order valence-corrected chi connectivity index (χ3v) is 2.47. The van der Waals surface area contributed by atoms with Crippen molar-refractivity contribution in [3.63, 3.8) is 0 Å². The highest BCUT2D eigenvalue weighted by atomic mass is 16.5. The average molecular weight is 250 g/mol. The number of anilines is 2. The summed E-state index contributed by atoms with van der Waals surface area (Å²) in [6.45, 7) is 1.66. The van der Waals surface area contributed by atoms with Crippen LogP contribution in [0.2, 0.25) is 0 Å². The molecule has 0 bridgehead atoms. The van der Waals surface area contributed by atoms with Gasteiger partial charge in [-0.05, 0) is 25.1 Å². The molecule has 1 aromatic rings. The molecule has 18 heavy (non-hydrogen) atoms. The zero-order valence-electron chi connectivity index (χ0n) is 10.1. The lowest BCUT2D eigenvalue weighted by Crippen LogP contribution is -2.34. The van der Waals surface area contributed by atoms with Gasteiger partial charge in [0.1, 0.15) is 12.4 Å². The zero-order chi connectivity index (χ0) is 13.1. The van der Waals surface area contributed by atoms with Crippen LogP contribution in [0.1, 0.15) is 6.92 Å². The van der Waals surface area contributed by atoms with Gasteiger partial charge >= 0.3 is 0 Å². The molecule has 1 heterocycles. The number of nitrogens with one attached hydrogen (secondary N) is 2. The minimum absolute atomic E-state index is 0.0169. The summed E-state index contributed by atoms with van der Waals surface area (Å²) in [7, 11) is 1.45. The number of amides is 2. The molecule has 0 saturated carbocycles. The predicted octanol–water partition coefficient (Wildman–Crippen LogP) is 0.991. The lowest BCUT2D eigenvalue weighted by Gasteiger charge is -2.23. The zero-order valence-corrected chi connectivity index (χ0v) is 10.1. The molecule has 6 heteroatoms. The standard InChI is InChI=1S/C12H14N2O4/c1-7-12(16)14-9-5-8(3-4-10(9)18-7)13-11(15)6-17-2/h3-5,7H,6H2,1-2H3,(H,13,15)(H,14,16). The van der Waals surface area contributed by atoms with E-state index in [9.17, 15) is 9.59 Å². The first kappa shape index (κ1) is 12.4. The van der Waals surface area contributed by atoms with Crippen LogP contribution in [-0.2, 0) is 14.3 Å². The van der Waals surface area contributed by atoms with Crippen molar-refractivity contribution in [1.82, 2.24) is 0 Å². The van der Waals surface area contributed by atoms with Gasteiger partial charge in [0.25, 0.3) is 5.91 Å². The van der Waals surface area contributed by atoms with Gasteiger partial charge in [-0.15, -0.1) is 0 Å². The molecule has 0 aromatic heterocycles. The number of benzene rings is 1. The second kappa shape index (κ2) is 5.05. The third-order valence-electron chi connectivity index (χ3n) is 2.47. The van der Waals surface area contributed by atoms with Gasteiger partial charge < -0.3 is 20.1 Å². The van der Waals surface area contributed by atoms with Crippen LogP contribution in [0.4, 0.5) is 11.4 Å². The van der Waals surface area contributed by atoms with Crippen LogP contribution in [0.15, 0.2) is 18.2 Å². The lowest BCUT2D eigenvalue weighted by atomic mass is 10.2. The van der Waals surface area contributed by atoms with E-state index in [1.165, 1.54) is 7.11 Å². The second-order valence-electron chi connectivity index (χ2n) is 3.94. The fourth-order valence-corrected chi connectivity index (χ4v) is 1.61. The van der Waals surface area contributed by atoms with Crippen molar-refractivity contribution in [3.8, 4) is 5.75 Å². The van der Waals surface area contributed by atoms with E-state index in [2.05, 4.69) is 10.6 Å². The van der Waals surface area contributed by atoms with Crippen LogP contribution in [0.5, 0.6) is 5.75 Å². The molecule has 0 aliphatic carbocycles. The van der Waals surface area contributed by atoms with E-state index in [0.29, 0.717) is 17.1 Å². The van der Waals surface area contributed by atoms with Gasteiger partial charge in [0.2, 0.25) is 5.91 Å². The van der Waals surface area contributed by atoms with Crippen LogP contribution < -0.4 is 15.4 Å². The largest absolute Gasteiger partial charge is 0.479 e. The molecule has 1 aliphatic rings. The number of carbonyl (C=O) groups excluding carboxylic acids is 2. The highest BCUT2D eigenvalue weighted by Crippen LogP contribution is 2.32. The Balaban J connectivity index is 2.15. The summed E-state index contributed by atoms with van der Waals surface area (Å²) in [4.78, 5) is 22.8. The Morgan fingerprint density at radius 2 is 2.33 bits per heavy atom. The first-order chi connectivity index (χ1) is 8.60. The summed E-state index contributed by atoms with van der Waals surface area (Å²) in [5.41, 5.74) is 1.13. The predicted molar refractivity (Wildman–Crippen MR) is 65.7 cm³/mol. The van der Waals surface area contributed by atoms with Gasteiger partial charge in [-0.1, -0.05) is 0 Å². The minimum Gasteiger partial charge on any atom is -0.479 e. The Bertz CT molecular complexity index is 487. The summed E-state index contributed by atoms with van der Waals surface area (Å²) in [5.74, 6) is 0.128. The normalized spacial score (nSPS) is 17.4.